The van der Waals surface area contributed by atoms with Gasteiger partial charge < -0.3 is 25.1 Å². The molecule has 3 N–H and O–H groups in total. The van der Waals surface area contributed by atoms with Crippen molar-refractivity contribution in [2.75, 3.05) is 5.32 Å². The van der Waals surface area contributed by atoms with Crippen LogP contribution >= 0.6 is 0 Å². The van der Waals surface area contributed by atoms with Crippen molar-refractivity contribution in [1.82, 2.24) is 4.57 Å². The molecule has 9 heteroatoms. The number of carbonyl (C=O) groups is 4. The topological polar surface area (TPSA) is 130 Å². The first-order valence-electron chi connectivity index (χ1n) is 18.4. The second-order valence-electron chi connectivity index (χ2n) is 13.5. The van der Waals surface area contributed by atoms with Crippen LogP contribution in [0.2, 0.25) is 0 Å². The lowest BCUT2D eigenvalue weighted by Crippen LogP contribution is -2.34. The second-order valence-corrected chi connectivity index (χ2v) is 13.5. The van der Waals surface area contributed by atoms with Gasteiger partial charge in [0.2, 0.25) is 5.91 Å². The number of ether oxygens (including phenoxy) is 2. The summed E-state index contributed by atoms with van der Waals surface area (Å²) in [7, 11) is 0. The van der Waals surface area contributed by atoms with E-state index in [1.165, 1.54) is 5.56 Å². The zero-order valence-corrected chi connectivity index (χ0v) is 30.6. The standard InChI is InChI=1S/C45H45N3O6/c1-3-12-38(45(52)54-36(26-42(46)49)25-32-20-22-33-23-30(4-2)19-21-34(33)24-32)44(51)53-29-35-15-8-10-17-40(35)47-43(50)39-28-48(27-31-13-6-5-7-14-31)41-18-11-9-16-37(39)41/h5-11,13-24,28,36,38H,3-4,12,25-27,29H2,1-2H3,(H2,46,49)(H,47,50)/t36-,38-/m0/s1. The Bertz CT molecular complexity index is 2280. The molecule has 5 aromatic carbocycles. The number of amides is 2. The third-order valence-electron chi connectivity index (χ3n) is 9.56. The fourth-order valence-electron chi connectivity index (χ4n) is 6.75. The quantitative estimate of drug-likeness (QED) is 0.0766. The number of primary amides is 1. The van der Waals surface area contributed by atoms with E-state index in [0.29, 0.717) is 29.8 Å². The summed E-state index contributed by atoms with van der Waals surface area (Å²) in [5, 5.41) is 5.95. The number of hydrogen-bond acceptors (Lipinski definition) is 6. The molecule has 0 saturated carbocycles. The summed E-state index contributed by atoms with van der Waals surface area (Å²) in [5.41, 5.74) is 11.3. The highest BCUT2D eigenvalue weighted by Gasteiger charge is 2.32. The number of hydrogen-bond donors (Lipinski definition) is 2. The summed E-state index contributed by atoms with van der Waals surface area (Å²) in [4.78, 5) is 52.7. The van der Waals surface area contributed by atoms with Crippen molar-refractivity contribution < 1.29 is 28.7 Å². The number of aryl methyl sites for hydroxylation is 1. The fourth-order valence-corrected chi connectivity index (χ4v) is 6.75. The smallest absolute Gasteiger partial charge is 0.320 e. The third kappa shape index (κ3) is 9.22. The van der Waals surface area contributed by atoms with Gasteiger partial charge in [-0.15, -0.1) is 0 Å². The Hall–Kier alpha value is -6.22. The van der Waals surface area contributed by atoms with Crippen LogP contribution in [-0.2, 0) is 49.9 Å². The molecule has 6 rings (SSSR count). The van der Waals surface area contributed by atoms with Crippen molar-refractivity contribution in [3.05, 3.63) is 149 Å². The lowest BCUT2D eigenvalue weighted by molar-refractivity contribution is -0.166. The van der Waals surface area contributed by atoms with Crippen LogP contribution in [0.3, 0.4) is 0 Å². The number of aromatic nitrogens is 1. The third-order valence-corrected chi connectivity index (χ3v) is 9.56. The Morgan fingerprint density at radius 2 is 1.44 bits per heavy atom. The number of nitrogens with two attached hydrogens (primary N) is 1. The van der Waals surface area contributed by atoms with Crippen LogP contribution in [0.25, 0.3) is 21.7 Å². The molecule has 6 aromatic rings. The van der Waals surface area contributed by atoms with Gasteiger partial charge in [-0.3, -0.25) is 19.2 Å². The predicted molar refractivity (Wildman–Crippen MR) is 211 cm³/mol. The van der Waals surface area contributed by atoms with Gasteiger partial charge in [0.1, 0.15) is 12.7 Å². The lowest BCUT2D eigenvalue weighted by Gasteiger charge is -2.21. The minimum Gasteiger partial charge on any atom is -0.461 e. The fraction of sp³-hybridized carbons (Fsp3) is 0.244. The van der Waals surface area contributed by atoms with Crippen LogP contribution in [0, 0.1) is 5.92 Å². The number of anilines is 1. The second kappa shape index (κ2) is 17.5. The summed E-state index contributed by atoms with van der Waals surface area (Å²) < 4.78 is 13.5. The van der Waals surface area contributed by atoms with E-state index in [1.54, 1.807) is 24.3 Å². The van der Waals surface area contributed by atoms with Gasteiger partial charge in [0.15, 0.2) is 5.92 Å². The number of benzene rings is 5. The molecule has 2 amide bonds. The van der Waals surface area contributed by atoms with Gasteiger partial charge in [-0.05, 0) is 52.4 Å². The molecule has 54 heavy (non-hydrogen) atoms. The maximum absolute atomic E-state index is 13.7. The molecule has 0 spiro atoms. The number of rotatable bonds is 16. The van der Waals surface area contributed by atoms with Gasteiger partial charge in [-0.2, -0.15) is 0 Å². The molecule has 0 saturated heterocycles. The normalized spacial score (nSPS) is 12.3. The summed E-state index contributed by atoms with van der Waals surface area (Å²) in [5.74, 6) is -3.64. The van der Waals surface area contributed by atoms with E-state index >= 15 is 0 Å². The molecule has 9 nitrogen and oxygen atoms in total. The molecule has 1 heterocycles. The molecule has 276 valence electrons. The van der Waals surface area contributed by atoms with Gasteiger partial charge in [0.05, 0.1) is 12.0 Å². The monoisotopic (exact) mass is 723 g/mol. The van der Waals surface area contributed by atoms with E-state index in [4.69, 9.17) is 15.2 Å². The van der Waals surface area contributed by atoms with Crippen LogP contribution in [0.1, 0.15) is 65.7 Å². The first kappa shape index (κ1) is 37.5. The van der Waals surface area contributed by atoms with Gasteiger partial charge in [0.25, 0.3) is 5.91 Å². The minimum atomic E-state index is -1.20. The average molecular weight is 724 g/mol. The van der Waals surface area contributed by atoms with Gasteiger partial charge >= 0.3 is 11.9 Å². The predicted octanol–water partition coefficient (Wildman–Crippen LogP) is 8.15. The highest BCUT2D eigenvalue weighted by Crippen LogP contribution is 2.26. The van der Waals surface area contributed by atoms with Crippen molar-refractivity contribution in [2.24, 2.45) is 11.7 Å². The summed E-state index contributed by atoms with van der Waals surface area (Å²) >= 11 is 0. The van der Waals surface area contributed by atoms with Gasteiger partial charge in [-0.1, -0.05) is 123 Å². The van der Waals surface area contributed by atoms with Crippen molar-refractivity contribution in [1.29, 1.82) is 0 Å². The van der Waals surface area contributed by atoms with Crippen LogP contribution < -0.4 is 11.1 Å². The van der Waals surface area contributed by atoms with E-state index in [-0.39, 0.29) is 31.8 Å². The van der Waals surface area contributed by atoms with Crippen molar-refractivity contribution in [2.45, 2.75) is 65.2 Å². The highest BCUT2D eigenvalue weighted by atomic mass is 16.6. The maximum atomic E-state index is 13.7. The summed E-state index contributed by atoms with van der Waals surface area (Å²) in [6, 6.07) is 37.1. The zero-order chi connectivity index (χ0) is 38.0. The maximum Gasteiger partial charge on any atom is 0.320 e. The Balaban J connectivity index is 1.12. The molecule has 0 radical (unpaired) electrons. The number of esters is 2. The molecule has 0 unspecified atom stereocenters. The molecule has 1 aromatic heterocycles. The lowest BCUT2D eigenvalue weighted by atomic mass is 9.99. The van der Waals surface area contributed by atoms with Crippen LogP contribution in [0.15, 0.2) is 121 Å². The van der Waals surface area contributed by atoms with E-state index < -0.39 is 29.9 Å². The Labute approximate surface area is 315 Å². The highest BCUT2D eigenvalue weighted by molar-refractivity contribution is 6.13. The number of nitrogens with one attached hydrogen (secondary N) is 1. The van der Waals surface area contributed by atoms with E-state index in [9.17, 15) is 19.2 Å². The largest absolute Gasteiger partial charge is 0.461 e. The Morgan fingerprint density at radius 3 is 2.19 bits per heavy atom. The molecule has 0 aliphatic rings. The van der Waals surface area contributed by atoms with Crippen molar-refractivity contribution in [3.8, 4) is 0 Å². The zero-order valence-electron chi connectivity index (χ0n) is 30.6. The molecule has 0 bridgehead atoms. The van der Waals surface area contributed by atoms with Crippen molar-refractivity contribution in [3.63, 3.8) is 0 Å². The SMILES string of the molecule is CCC[C@@H](C(=O)OCc1ccccc1NC(=O)c1cn(Cc2ccccc2)c2ccccc12)C(=O)O[C@H](CC(N)=O)Cc1ccc2cc(CC)ccc2c1. The van der Waals surface area contributed by atoms with Gasteiger partial charge in [-0.25, -0.2) is 0 Å². The van der Waals surface area contributed by atoms with Crippen LogP contribution in [0.4, 0.5) is 5.69 Å². The number of fused-ring (bicyclic) bond motifs is 2. The summed E-state index contributed by atoms with van der Waals surface area (Å²) in [6.07, 6.45) is 2.71. The number of carbonyl (C=O) groups excluding carboxylic acids is 4. The summed E-state index contributed by atoms with van der Waals surface area (Å²) in [6.45, 7) is 4.39. The molecule has 0 aliphatic heterocycles. The molecular weight excluding hydrogens is 679 g/mol. The minimum absolute atomic E-state index is 0.180. The molecule has 0 aliphatic carbocycles. The van der Waals surface area contributed by atoms with E-state index in [2.05, 4.69) is 35.0 Å². The Kier molecular flexibility index (Phi) is 12.2. The first-order valence-corrected chi connectivity index (χ1v) is 18.4. The molecule has 2 atom stereocenters. The van der Waals surface area contributed by atoms with E-state index in [1.807, 2.05) is 85.9 Å². The molecule has 0 fully saturated rings. The number of nitrogens with zero attached hydrogens (tertiary/aromatic N) is 1. The Morgan fingerprint density at radius 1 is 0.759 bits per heavy atom. The van der Waals surface area contributed by atoms with Crippen LogP contribution in [0.5, 0.6) is 0 Å². The van der Waals surface area contributed by atoms with E-state index in [0.717, 1.165) is 39.2 Å². The molecular formula is C45H45N3O6. The average Bonchev–Trinajstić information content (AvgIpc) is 3.54. The first-order chi connectivity index (χ1) is 26.2. The number of para-hydroxylation sites is 2. The van der Waals surface area contributed by atoms with Crippen molar-refractivity contribution >= 4 is 51.1 Å². The van der Waals surface area contributed by atoms with Gasteiger partial charge in [0, 0.05) is 41.3 Å². The van der Waals surface area contributed by atoms with Crippen LogP contribution in [-0.4, -0.2) is 34.4 Å².